The van der Waals surface area contributed by atoms with Crippen LogP contribution in [0.25, 0.3) is 0 Å². The van der Waals surface area contributed by atoms with E-state index in [2.05, 4.69) is 0 Å². The summed E-state index contributed by atoms with van der Waals surface area (Å²) in [6.07, 6.45) is -1.68. The normalized spacial score (nSPS) is 30.8. The summed E-state index contributed by atoms with van der Waals surface area (Å²) in [7, 11) is 0. The van der Waals surface area contributed by atoms with Crippen molar-refractivity contribution in [1.29, 1.82) is 0 Å². The van der Waals surface area contributed by atoms with Crippen LogP contribution in [0.2, 0.25) is 0 Å². The minimum absolute atomic E-state index is 0.646. The molecule has 0 aromatic carbocycles. The summed E-state index contributed by atoms with van der Waals surface area (Å²) in [6, 6.07) is 0. The van der Waals surface area contributed by atoms with Crippen LogP contribution in [-0.2, 0) is 9.59 Å². The first-order chi connectivity index (χ1) is 8.76. The third kappa shape index (κ3) is 1.72. The van der Waals surface area contributed by atoms with Crippen LogP contribution in [0.4, 0.5) is 26.3 Å². The van der Waals surface area contributed by atoms with Crippen LogP contribution in [-0.4, -0.2) is 29.3 Å². The third-order valence-corrected chi connectivity index (χ3v) is 3.90. The number of Topliss-reactive ketones (excluding diaryl/α,β-unsaturated/α-hetero) is 2. The summed E-state index contributed by atoms with van der Waals surface area (Å²) in [5, 5.41) is 0. The van der Waals surface area contributed by atoms with E-state index in [0.29, 0.717) is 0 Å². The maximum absolute atomic E-state index is 13.9. The van der Waals surface area contributed by atoms with Crippen LogP contribution in [0.15, 0.2) is 0 Å². The van der Waals surface area contributed by atoms with Crippen LogP contribution in [0.3, 0.4) is 0 Å². The van der Waals surface area contributed by atoms with Gasteiger partial charge in [-0.05, 0) is 19.3 Å². The van der Waals surface area contributed by atoms with E-state index in [-0.39, 0.29) is 0 Å². The van der Waals surface area contributed by atoms with Gasteiger partial charge in [0.15, 0.2) is 0 Å². The first-order valence-electron chi connectivity index (χ1n) is 5.94. The number of hydrogen-bond acceptors (Lipinski definition) is 2. The fourth-order valence-corrected chi connectivity index (χ4v) is 2.60. The molecule has 1 unspecified atom stereocenters. The number of carbonyl (C=O) groups is 2. The smallest absolute Gasteiger partial charge is 0.300 e. The minimum Gasteiger partial charge on any atom is -0.300 e. The second-order valence-corrected chi connectivity index (χ2v) is 5.38. The van der Waals surface area contributed by atoms with Crippen molar-refractivity contribution in [3.05, 3.63) is 0 Å². The van der Waals surface area contributed by atoms with Gasteiger partial charge in [0.05, 0.1) is 0 Å². The molecule has 0 radical (unpaired) electrons. The van der Waals surface area contributed by atoms with Crippen LogP contribution in [0, 0.1) is 11.3 Å². The SMILES string of the molecule is CC(=O)CCC1(C(C)C)C(=O)C(F)(F)C(F)(F)C1(F)F. The zero-order chi connectivity index (χ0) is 16.1. The summed E-state index contributed by atoms with van der Waals surface area (Å²) < 4.78 is 81.2. The van der Waals surface area contributed by atoms with Gasteiger partial charge in [-0.3, -0.25) is 4.79 Å². The highest BCUT2D eigenvalue weighted by molar-refractivity contribution is 5.97. The highest BCUT2D eigenvalue weighted by Crippen LogP contribution is 2.66. The second kappa shape index (κ2) is 4.46. The molecule has 20 heavy (non-hydrogen) atoms. The molecule has 0 spiro atoms. The molecule has 1 rings (SSSR count). The first-order valence-corrected chi connectivity index (χ1v) is 5.94. The highest BCUT2D eigenvalue weighted by Gasteiger charge is 2.91. The van der Waals surface area contributed by atoms with Crippen molar-refractivity contribution in [2.24, 2.45) is 11.3 Å². The lowest BCUT2D eigenvalue weighted by Crippen LogP contribution is -2.53. The maximum atomic E-state index is 13.9. The number of ketones is 2. The average molecular weight is 304 g/mol. The van der Waals surface area contributed by atoms with Crippen molar-refractivity contribution in [3.8, 4) is 0 Å². The van der Waals surface area contributed by atoms with Gasteiger partial charge in [0.25, 0.3) is 0 Å². The van der Waals surface area contributed by atoms with E-state index in [4.69, 9.17) is 0 Å². The molecule has 2 nitrogen and oxygen atoms in total. The zero-order valence-electron chi connectivity index (χ0n) is 11.1. The topological polar surface area (TPSA) is 34.1 Å². The Hall–Kier alpha value is -1.08. The molecule has 0 saturated heterocycles. The largest absolute Gasteiger partial charge is 0.380 e. The van der Waals surface area contributed by atoms with Crippen LogP contribution in [0.5, 0.6) is 0 Å². The second-order valence-electron chi connectivity index (χ2n) is 5.38. The van der Waals surface area contributed by atoms with Gasteiger partial charge in [0.1, 0.15) is 11.2 Å². The Morgan fingerprint density at radius 2 is 1.50 bits per heavy atom. The molecule has 0 amide bonds. The summed E-state index contributed by atoms with van der Waals surface area (Å²) in [5.41, 5.74) is -3.24. The molecule has 1 aliphatic carbocycles. The zero-order valence-corrected chi connectivity index (χ0v) is 11.1. The predicted molar refractivity (Wildman–Crippen MR) is 57.0 cm³/mol. The van der Waals surface area contributed by atoms with E-state index < -0.39 is 53.5 Å². The standard InChI is InChI=1S/C12H14F6O2/c1-6(2)9(5-4-7(3)19)8(20)10(13,14)12(17,18)11(9,15)16/h6H,4-5H2,1-3H3. The van der Waals surface area contributed by atoms with Gasteiger partial charge in [-0.15, -0.1) is 0 Å². The lowest BCUT2D eigenvalue weighted by atomic mass is 9.69. The van der Waals surface area contributed by atoms with E-state index in [1.165, 1.54) is 0 Å². The summed E-state index contributed by atoms with van der Waals surface area (Å²) in [5.74, 6) is -21.0. The minimum atomic E-state index is -5.77. The van der Waals surface area contributed by atoms with Gasteiger partial charge >= 0.3 is 17.8 Å². The van der Waals surface area contributed by atoms with Gasteiger partial charge in [-0.1, -0.05) is 13.8 Å². The van der Waals surface area contributed by atoms with Crippen LogP contribution >= 0.6 is 0 Å². The fourth-order valence-electron chi connectivity index (χ4n) is 2.60. The first kappa shape index (κ1) is 17.0. The van der Waals surface area contributed by atoms with Crippen molar-refractivity contribution >= 4 is 11.6 Å². The Morgan fingerprint density at radius 1 is 1.05 bits per heavy atom. The van der Waals surface area contributed by atoms with E-state index in [1.807, 2.05) is 0 Å². The van der Waals surface area contributed by atoms with Crippen molar-refractivity contribution in [3.63, 3.8) is 0 Å². The number of halogens is 6. The van der Waals surface area contributed by atoms with Crippen molar-refractivity contribution in [2.45, 2.75) is 51.4 Å². The fraction of sp³-hybridized carbons (Fsp3) is 0.833. The van der Waals surface area contributed by atoms with Crippen LogP contribution in [0.1, 0.15) is 33.6 Å². The Morgan fingerprint density at radius 3 is 1.75 bits per heavy atom. The molecular weight excluding hydrogens is 290 g/mol. The highest BCUT2D eigenvalue weighted by atomic mass is 19.3. The number of carbonyl (C=O) groups excluding carboxylic acids is 2. The maximum Gasteiger partial charge on any atom is 0.380 e. The quantitative estimate of drug-likeness (QED) is 0.745. The molecule has 8 heteroatoms. The molecule has 0 heterocycles. The van der Waals surface area contributed by atoms with Crippen molar-refractivity contribution in [2.75, 3.05) is 0 Å². The molecule has 1 aliphatic rings. The van der Waals surface area contributed by atoms with Crippen molar-refractivity contribution in [1.82, 2.24) is 0 Å². The van der Waals surface area contributed by atoms with Gasteiger partial charge in [0.2, 0.25) is 5.78 Å². The lowest BCUT2D eigenvalue weighted by molar-refractivity contribution is -0.290. The van der Waals surface area contributed by atoms with Crippen molar-refractivity contribution < 1.29 is 35.9 Å². The number of hydrogen-bond donors (Lipinski definition) is 0. The van der Waals surface area contributed by atoms with Gasteiger partial charge in [-0.2, -0.15) is 26.3 Å². The van der Waals surface area contributed by atoms with E-state index in [1.54, 1.807) is 0 Å². The molecule has 1 atom stereocenters. The van der Waals surface area contributed by atoms with E-state index in [0.717, 1.165) is 20.8 Å². The molecule has 0 aliphatic heterocycles. The molecular formula is C12H14F6O2. The molecule has 1 fully saturated rings. The molecule has 0 bridgehead atoms. The van der Waals surface area contributed by atoms with Gasteiger partial charge < -0.3 is 4.79 Å². The Balaban J connectivity index is 3.51. The van der Waals surface area contributed by atoms with E-state index in [9.17, 15) is 35.9 Å². The molecule has 116 valence electrons. The average Bonchev–Trinajstić information content (AvgIpc) is 2.33. The molecule has 1 saturated carbocycles. The third-order valence-electron chi connectivity index (χ3n) is 3.90. The molecule has 0 aromatic rings. The summed E-state index contributed by atoms with van der Waals surface area (Å²) >= 11 is 0. The Labute approximate surface area is 111 Å². The van der Waals surface area contributed by atoms with Crippen LogP contribution < -0.4 is 0 Å². The van der Waals surface area contributed by atoms with Gasteiger partial charge in [0, 0.05) is 6.42 Å². The summed E-state index contributed by atoms with van der Waals surface area (Å²) in [4.78, 5) is 22.5. The molecule has 0 aromatic heterocycles. The lowest BCUT2D eigenvalue weighted by Gasteiger charge is -2.37. The number of alkyl halides is 6. The predicted octanol–water partition coefficient (Wildman–Crippen LogP) is 3.49. The number of rotatable bonds is 4. The Kier molecular flexibility index (Phi) is 3.78. The molecule has 0 N–H and O–H groups in total. The van der Waals surface area contributed by atoms with Gasteiger partial charge in [-0.25, -0.2) is 0 Å². The van der Waals surface area contributed by atoms with E-state index >= 15 is 0 Å². The summed E-state index contributed by atoms with van der Waals surface area (Å²) in [6.45, 7) is 2.98. The Bertz CT molecular complexity index is 443. The monoisotopic (exact) mass is 304 g/mol.